The van der Waals surface area contributed by atoms with Crippen LogP contribution in [-0.4, -0.2) is 33.1 Å². The topological polar surface area (TPSA) is 58.2 Å². The Kier molecular flexibility index (Phi) is 3.15. The molecular formula is C13H19N3O2. The lowest BCUT2D eigenvalue weighted by molar-refractivity contribution is 0.0222. The molecule has 1 saturated heterocycles. The zero-order valence-corrected chi connectivity index (χ0v) is 11.1. The number of hydrogen-bond donors (Lipinski definition) is 1. The van der Waals surface area contributed by atoms with E-state index < -0.39 is 5.60 Å². The molecule has 2 heterocycles. The normalized spacial score (nSPS) is 20.3. The maximum atomic E-state index is 12.1. The molecule has 1 aromatic rings. The second-order valence-electron chi connectivity index (χ2n) is 5.55. The Bertz CT molecular complexity index is 445. The standard InChI is InChI=1S/C13H19N3O2/c1-9-7-10(11-14-5-6-15-11)16(8-9)12(17)18-13(2,3)4/h5-6,10H,1,7-8H2,2-4H3,(H,14,15)/t10-/m0/s1. The van der Waals surface area contributed by atoms with Crippen LogP contribution in [0.5, 0.6) is 0 Å². The van der Waals surface area contributed by atoms with Gasteiger partial charge in [-0.25, -0.2) is 9.78 Å². The van der Waals surface area contributed by atoms with Crippen molar-refractivity contribution in [3.05, 3.63) is 30.4 Å². The van der Waals surface area contributed by atoms with E-state index in [-0.39, 0.29) is 12.1 Å². The van der Waals surface area contributed by atoms with Gasteiger partial charge in [0.25, 0.3) is 0 Å². The van der Waals surface area contributed by atoms with E-state index in [9.17, 15) is 4.79 Å². The average Bonchev–Trinajstić information content (AvgIpc) is 2.82. The number of carbonyl (C=O) groups is 1. The number of amides is 1. The molecule has 0 spiro atoms. The number of nitrogens with one attached hydrogen (secondary N) is 1. The Morgan fingerprint density at radius 2 is 2.33 bits per heavy atom. The minimum absolute atomic E-state index is 0.0950. The van der Waals surface area contributed by atoms with Crippen LogP contribution < -0.4 is 0 Å². The minimum atomic E-state index is -0.491. The van der Waals surface area contributed by atoms with Crippen molar-refractivity contribution in [1.29, 1.82) is 0 Å². The molecule has 1 aliphatic rings. The highest BCUT2D eigenvalue weighted by atomic mass is 16.6. The lowest BCUT2D eigenvalue weighted by Crippen LogP contribution is -2.36. The number of aromatic amines is 1. The van der Waals surface area contributed by atoms with Gasteiger partial charge in [-0.05, 0) is 27.2 Å². The minimum Gasteiger partial charge on any atom is -0.444 e. The fourth-order valence-corrected chi connectivity index (χ4v) is 2.02. The van der Waals surface area contributed by atoms with Crippen LogP contribution in [0.25, 0.3) is 0 Å². The predicted molar refractivity (Wildman–Crippen MR) is 68.0 cm³/mol. The van der Waals surface area contributed by atoms with E-state index in [1.54, 1.807) is 17.3 Å². The number of carbonyl (C=O) groups excluding carboxylic acids is 1. The lowest BCUT2D eigenvalue weighted by atomic mass is 10.1. The summed E-state index contributed by atoms with van der Waals surface area (Å²) in [6.07, 6.45) is 3.85. The molecule has 18 heavy (non-hydrogen) atoms. The summed E-state index contributed by atoms with van der Waals surface area (Å²) in [6.45, 7) is 10.1. The molecule has 0 bridgehead atoms. The number of nitrogens with zero attached hydrogens (tertiary/aromatic N) is 2. The molecule has 0 aliphatic carbocycles. The van der Waals surface area contributed by atoms with E-state index >= 15 is 0 Å². The van der Waals surface area contributed by atoms with Gasteiger partial charge in [-0.3, -0.25) is 4.90 Å². The molecule has 1 atom stereocenters. The molecule has 2 rings (SSSR count). The highest BCUT2D eigenvalue weighted by Crippen LogP contribution is 2.33. The van der Waals surface area contributed by atoms with Crippen molar-refractivity contribution in [3.63, 3.8) is 0 Å². The van der Waals surface area contributed by atoms with Crippen molar-refractivity contribution in [2.24, 2.45) is 0 Å². The van der Waals surface area contributed by atoms with Gasteiger partial charge in [0.1, 0.15) is 11.4 Å². The maximum Gasteiger partial charge on any atom is 0.411 e. The number of likely N-dealkylation sites (tertiary alicyclic amines) is 1. The van der Waals surface area contributed by atoms with Gasteiger partial charge in [0.15, 0.2) is 0 Å². The molecule has 0 unspecified atom stereocenters. The Labute approximate surface area is 107 Å². The fraction of sp³-hybridized carbons (Fsp3) is 0.538. The van der Waals surface area contributed by atoms with Gasteiger partial charge < -0.3 is 9.72 Å². The van der Waals surface area contributed by atoms with Crippen LogP contribution in [0.1, 0.15) is 39.1 Å². The summed E-state index contributed by atoms with van der Waals surface area (Å²) in [7, 11) is 0. The van der Waals surface area contributed by atoms with E-state index in [2.05, 4.69) is 16.5 Å². The van der Waals surface area contributed by atoms with Crippen molar-refractivity contribution >= 4 is 6.09 Å². The summed E-state index contributed by atoms with van der Waals surface area (Å²) >= 11 is 0. The molecule has 1 aliphatic heterocycles. The van der Waals surface area contributed by atoms with Crippen LogP contribution >= 0.6 is 0 Å². The number of hydrogen-bond acceptors (Lipinski definition) is 3. The fourth-order valence-electron chi connectivity index (χ4n) is 2.02. The van der Waals surface area contributed by atoms with Gasteiger partial charge in [-0.1, -0.05) is 12.2 Å². The zero-order valence-electron chi connectivity index (χ0n) is 11.1. The third kappa shape index (κ3) is 2.72. The van der Waals surface area contributed by atoms with Gasteiger partial charge in [-0.15, -0.1) is 0 Å². The van der Waals surface area contributed by atoms with Crippen LogP contribution in [0.4, 0.5) is 4.79 Å². The summed E-state index contributed by atoms with van der Waals surface area (Å²) in [4.78, 5) is 21.1. The number of ether oxygens (including phenoxy) is 1. The molecule has 1 aromatic heterocycles. The number of imidazole rings is 1. The first-order valence-corrected chi connectivity index (χ1v) is 6.02. The smallest absolute Gasteiger partial charge is 0.411 e. The van der Waals surface area contributed by atoms with Crippen LogP contribution in [0, 0.1) is 0 Å². The largest absolute Gasteiger partial charge is 0.444 e. The van der Waals surface area contributed by atoms with Crippen molar-refractivity contribution in [3.8, 4) is 0 Å². The summed E-state index contributed by atoms with van der Waals surface area (Å²) < 4.78 is 5.40. The Morgan fingerprint density at radius 1 is 1.61 bits per heavy atom. The highest BCUT2D eigenvalue weighted by Gasteiger charge is 2.36. The number of aromatic nitrogens is 2. The van der Waals surface area contributed by atoms with E-state index in [0.717, 1.165) is 17.8 Å². The summed E-state index contributed by atoms with van der Waals surface area (Å²) in [6, 6.07) is -0.0950. The Balaban J connectivity index is 2.15. The third-order valence-corrected chi connectivity index (χ3v) is 2.72. The number of H-pyrrole nitrogens is 1. The van der Waals surface area contributed by atoms with E-state index in [4.69, 9.17) is 4.74 Å². The highest BCUT2D eigenvalue weighted by molar-refractivity contribution is 5.70. The molecule has 0 radical (unpaired) electrons. The molecule has 1 fully saturated rings. The van der Waals surface area contributed by atoms with Crippen molar-refractivity contribution in [2.45, 2.75) is 38.8 Å². The number of rotatable bonds is 1. The Hall–Kier alpha value is -1.78. The third-order valence-electron chi connectivity index (χ3n) is 2.72. The monoisotopic (exact) mass is 249 g/mol. The summed E-state index contributed by atoms with van der Waals surface area (Å²) in [5.41, 5.74) is 0.525. The van der Waals surface area contributed by atoms with Crippen LogP contribution in [0.2, 0.25) is 0 Å². The van der Waals surface area contributed by atoms with Crippen molar-refractivity contribution in [1.82, 2.24) is 14.9 Å². The Morgan fingerprint density at radius 3 is 2.89 bits per heavy atom. The first kappa shape index (κ1) is 12.7. The second kappa shape index (κ2) is 4.48. The molecule has 98 valence electrons. The molecule has 5 heteroatoms. The predicted octanol–water partition coefficient (Wildman–Crippen LogP) is 2.65. The summed E-state index contributed by atoms with van der Waals surface area (Å²) in [5, 5.41) is 0. The lowest BCUT2D eigenvalue weighted by Gasteiger charge is -2.27. The zero-order chi connectivity index (χ0) is 13.3. The molecule has 0 aromatic carbocycles. The van der Waals surface area contributed by atoms with Crippen LogP contribution in [0.3, 0.4) is 0 Å². The van der Waals surface area contributed by atoms with Gasteiger partial charge >= 0.3 is 6.09 Å². The molecule has 5 nitrogen and oxygen atoms in total. The first-order chi connectivity index (χ1) is 8.37. The summed E-state index contributed by atoms with van der Waals surface area (Å²) in [5.74, 6) is 0.777. The second-order valence-corrected chi connectivity index (χ2v) is 5.55. The van der Waals surface area contributed by atoms with E-state index in [1.165, 1.54) is 0 Å². The van der Waals surface area contributed by atoms with Crippen molar-refractivity contribution < 1.29 is 9.53 Å². The maximum absolute atomic E-state index is 12.1. The molecular weight excluding hydrogens is 230 g/mol. The van der Waals surface area contributed by atoms with Gasteiger partial charge in [-0.2, -0.15) is 0 Å². The first-order valence-electron chi connectivity index (χ1n) is 6.02. The van der Waals surface area contributed by atoms with Crippen molar-refractivity contribution in [2.75, 3.05) is 6.54 Å². The molecule has 1 amide bonds. The SMILES string of the molecule is C=C1C[C@@H](c2ncc[nH]2)N(C(=O)OC(C)(C)C)C1. The molecule has 1 N–H and O–H groups in total. The average molecular weight is 249 g/mol. The van der Waals surface area contributed by atoms with Crippen LogP contribution in [-0.2, 0) is 4.74 Å². The van der Waals surface area contributed by atoms with Gasteiger partial charge in [0.2, 0.25) is 0 Å². The van der Waals surface area contributed by atoms with Crippen LogP contribution in [0.15, 0.2) is 24.5 Å². The van der Waals surface area contributed by atoms with Gasteiger partial charge in [0.05, 0.1) is 6.04 Å². The molecule has 0 saturated carbocycles. The van der Waals surface area contributed by atoms with E-state index in [1.807, 2.05) is 20.8 Å². The van der Waals surface area contributed by atoms with E-state index in [0.29, 0.717) is 6.54 Å². The van der Waals surface area contributed by atoms with Gasteiger partial charge in [0, 0.05) is 18.9 Å². The quantitative estimate of drug-likeness (QED) is 0.778.